The summed E-state index contributed by atoms with van der Waals surface area (Å²) in [5.41, 5.74) is 0. The Morgan fingerprint density at radius 3 is 2.50 bits per heavy atom. The zero-order valence-corrected chi connectivity index (χ0v) is 6.95. The van der Waals surface area contributed by atoms with Gasteiger partial charge in [-0.15, -0.1) is 5.10 Å². The van der Waals surface area contributed by atoms with Gasteiger partial charge in [0.25, 0.3) is 0 Å². The maximum Gasteiger partial charge on any atom is 0.163 e. The molecular weight excluding hydrogens is 190 g/mol. The van der Waals surface area contributed by atoms with E-state index in [1.165, 1.54) is 12.4 Å². The van der Waals surface area contributed by atoms with Crippen molar-refractivity contribution in [3.8, 4) is 5.75 Å². The third-order valence-corrected chi connectivity index (χ3v) is 1.47. The van der Waals surface area contributed by atoms with Gasteiger partial charge in [-0.25, -0.2) is 8.78 Å². The van der Waals surface area contributed by atoms with Gasteiger partial charge in [-0.3, -0.25) is 0 Å². The summed E-state index contributed by atoms with van der Waals surface area (Å²) in [6.07, 6.45) is 2.76. The van der Waals surface area contributed by atoms with Crippen molar-refractivity contribution in [3.63, 3.8) is 0 Å². The number of nitrogens with zero attached hydrogens (tertiary/aromatic N) is 2. The van der Waals surface area contributed by atoms with Crippen LogP contribution in [0.2, 0.25) is 0 Å². The maximum atomic E-state index is 12.7. The van der Waals surface area contributed by atoms with Gasteiger partial charge in [-0.2, -0.15) is 0 Å². The number of hydrogen-bond acceptors (Lipinski definition) is 2. The largest absolute Gasteiger partial charge is 0.358 e. The summed E-state index contributed by atoms with van der Waals surface area (Å²) in [6.45, 7) is 0. The predicted octanol–water partition coefficient (Wildman–Crippen LogP) is 1.80. The molecule has 1 radical (unpaired) electrons. The molecule has 2 aromatic rings. The Hall–Kier alpha value is -1.91. The van der Waals surface area contributed by atoms with Crippen LogP contribution in [0.1, 0.15) is 0 Å². The lowest BCUT2D eigenvalue weighted by Crippen LogP contribution is -2.05. The zero-order chi connectivity index (χ0) is 9.97. The van der Waals surface area contributed by atoms with Gasteiger partial charge in [-0.1, -0.05) is 4.85 Å². The quantitative estimate of drug-likeness (QED) is 0.730. The Morgan fingerprint density at radius 1 is 1.21 bits per heavy atom. The van der Waals surface area contributed by atoms with Gasteiger partial charge in [0.05, 0.1) is 12.4 Å². The molecule has 0 unspecified atom stereocenters. The van der Waals surface area contributed by atoms with Crippen LogP contribution in [0.3, 0.4) is 0 Å². The highest BCUT2D eigenvalue weighted by molar-refractivity contribution is 5.23. The Labute approximate surface area is 78.5 Å². The number of benzene rings is 1. The molecular formula is C9H5F2N2O. The molecule has 14 heavy (non-hydrogen) atoms. The van der Waals surface area contributed by atoms with E-state index in [9.17, 15) is 8.78 Å². The first-order chi connectivity index (χ1) is 6.74. The molecule has 3 nitrogen and oxygen atoms in total. The Bertz CT molecular complexity index is 408. The molecule has 0 spiro atoms. The molecule has 0 bridgehead atoms. The van der Waals surface area contributed by atoms with Crippen LogP contribution in [0.25, 0.3) is 0 Å². The van der Waals surface area contributed by atoms with Gasteiger partial charge in [0.1, 0.15) is 11.6 Å². The first-order valence-electron chi connectivity index (χ1n) is 3.79. The SMILES string of the molecule is Fc1cc(F)cc(On2c[c]cn2)c1. The molecule has 0 aliphatic carbocycles. The van der Waals surface area contributed by atoms with E-state index in [2.05, 4.69) is 11.2 Å². The first-order valence-corrected chi connectivity index (χ1v) is 3.79. The maximum absolute atomic E-state index is 12.7. The van der Waals surface area contributed by atoms with E-state index >= 15 is 0 Å². The lowest BCUT2D eigenvalue weighted by Gasteiger charge is -2.03. The molecule has 0 aliphatic rings. The van der Waals surface area contributed by atoms with Gasteiger partial charge in [0.15, 0.2) is 5.75 Å². The molecule has 1 heterocycles. The summed E-state index contributed by atoms with van der Waals surface area (Å²) in [5.74, 6) is -1.35. The van der Waals surface area contributed by atoms with E-state index in [0.717, 1.165) is 23.0 Å². The fourth-order valence-electron chi connectivity index (χ4n) is 0.960. The van der Waals surface area contributed by atoms with Crippen molar-refractivity contribution < 1.29 is 13.6 Å². The second-order valence-corrected chi connectivity index (χ2v) is 2.54. The van der Waals surface area contributed by atoms with Crippen LogP contribution in [-0.4, -0.2) is 9.94 Å². The van der Waals surface area contributed by atoms with Crippen LogP contribution in [0.5, 0.6) is 5.75 Å². The molecule has 0 fully saturated rings. The monoisotopic (exact) mass is 195 g/mol. The minimum absolute atomic E-state index is 0.0413. The van der Waals surface area contributed by atoms with E-state index in [-0.39, 0.29) is 5.75 Å². The second-order valence-electron chi connectivity index (χ2n) is 2.54. The zero-order valence-electron chi connectivity index (χ0n) is 6.95. The Morgan fingerprint density at radius 2 is 1.93 bits per heavy atom. The Balaban J connectivity index is 2.25. The molecule has 0 aliphatic heterocycles. The molecule has 5 heteroatoms. The van der Waals surface area contributed by atoms with Crippen molar-refractivity contribution in [1.82, 2.24) is 9.94 Å². The third kappa shape index (κ3) is 1.87. The fourth-order valence-corrected chi connectivity index (χ4v) is 0.960. The lowest BCUT2D eigenvalue weighted by atomic mass is 10.3. The smallest absolute Gasteiger partial charge is 0.163 e. The minimum atomic E-state index is -0.698. The van der Waals surface area contributed by atoms with E-state index < -0.39 is 11.6 Å². The Kier molecular flexibility index (Phi) is 2.14. The number of aromatic nitrogens is 2. The van der Waals surface area contributed by atoms with Crippen LogP contribution in [0.4, 0.5) is 8.78 Å². The molecule has 71 valence electrons. The predicted molar refractivity (Wildman–Crippen MR) is 43.4 cm³/mol. The van der Waals surface area contributed by atoms with Crippen molar-refractivity contribution in [3.05, 3.63) is 48.3 Å². The summed E-state index contributed by atoms with van der Waals surface area (Å²) in [5, 5.41) is 3.66. The van der Waals surface area contributed by atoms with Crippen LogP contribution >= 0.6 is 0 Å². The number of rotatable bonds is 2. The van der Waals surface area contributed by atoms with E-state index in [4.69, 9.17) is 4.84 Å². The molecule has 1 aromatic heterocycles. The summed E-state index contributed by atoms with van der Waals surface area (Å²) in [6, 6.07) is 5.51. The summed E-state index contributed by atoms with van der Waals surface area (Å²) in [7, 11) is 0. The van der Waals surface area contributed by atoms with Gasteiger partial charge in [0.2, 0.25) is 0 Å². The molecule has 0 N–H and O–H groups in total. The molecule has 0 atom stereocenters. The highest BCUT2D eigenvalue weighted by Crippen LogP contribution is 2.15. The highest BCUT2D eigenvalue weighted by Gasteiger charge is 2.02. The van der Waals surface area contributed by atoms with Crippen molar-refractivity contribution in [1.29, 1.82) is 0 Å². The van der Waals surface area contributed by atoms with Crippen LogP contribution in [0, 0.1) is 17.7 Å². The lowest BCUT2D eigenvalue weighted by molar-refractivity contribution is 0.177. The summed E-state index contributed by atoms with van der Waals surface area (Å²) < 4.78 is 25.4. The van der Waals surface area contributed by atoms with Gasteiger partial charge in [-0.05, 0) is 0 Å². The number of halogens is 2. The molecule has 0 amide bonds. The third-order valence-electron chi connectivity index (χ3n) is 1.47. The van der Waals surface area contributed by atoms with Crippen LogP contribution in [0.15, 0.2) is 30.6 Å². The van der Waals surface area contributed by atoms with Crippen molar-refractivity contribution in [2.45, 2.75) is 0 Å². The van der Waals surface area contributed by atoms with Crippen molar-refractivity contribution in [2.75, 3.05) is 0 Å². The van der Waals surface area contributed by atoms with Crippen LogP contribution < -0.4 is 4.84 Å². The van der Waals surface area contributed by atoms with Crippen LogP contribution in [-0.2, 0) is 0 Å². The van der Waals surface area contributed by atoms with Gasteiger partial charge >= 0.3 is 0 Å². The summed E-state index contributed by atoms with van der Waals surface area (Å²) in [4.78, 5) is 6.02. The van der Waals surface area contributed by atoms with Gasteiger partial charge < -0.3 is 4.84 Å². The normalized spacial score (nSPS) is 10.1. The minimum Gasteiger partial charge on any atom is -0.358 e. The topological polar surface area (TPSA) is 27.1 Å². The van der Waals surface area contributed by atoms with Gasteiger partial charge in [0, 0.05) is 24.3 Å². The molecule has 1 aromatic carbocycles. The average molecular weight is 195 g/mol. The molecule has 0 saturated heterocycles. The molecule has 0 saturated carbocycles. The first kappa shape index (κ1) is 8.68. The van der Waals surface area contributed by atoms with Crippen molar-refractivity contribution >= 4 is 0 Å². The fraction of sp³-hybridized carbons (Fsp3) is 0. The van der Waals surface area contributed by atoms with E-state index in [1.54, 1.807) is 0 Å². The van der Waals surface area contributed by atoms with E-state index in [1.807, 2.05) is 0 Å². The average Bonchev–Trinajstić information content (AvgIpc) is 2.54. The molecule has 2 rings (SSSR count). The standard InChI is InChI=1S/C9H5F2N2O/c10-7-4-8(11)6-9(5-7)14-13-3-1-2-12-13/h2-6H. The second kappa shape index (κ2) is 3.45. The van der Waals surface area contributed by atoms with Crippen molar-refractivity contribution in [2.24, 2.45) is 0 Å². The number of hydrogen-bond donors (Lipinski definition) is 0. The highest BCUT2D eigenvalue weighted by atomic mass is 19.1. The summed E-state index contributed by atoms with van der Waals surface area (Å²) >= 11 is 0. The van der Waals surface area contributed by atoms with E-state index in [0.29, 0.717) is 0 Å².